The Morgan fingerprint density at radius 2 is 2.14 bits per heavy atom. The maximum atomic E-state index is 5.52. The quantitative estimate of drug-likeness (QED) is 0.744. The first-order valence-corrected chi connectivity index (χ1v) is 4.85. The fraction of sp³-hybridized carbons (Fsp3) is 0.636. The van der Waals surface area contributed by atoms with Crippen LogP contribution >= 0.6 is 0 Å². The minimum absolute atomic E-state index is 0.325. The molecule has 1 aliphatic carbocycles. The van der Waals surface area contributed by atoms with Gasteiger partial charge in [0.2, 0.25) is 0 Å². The number of nitrogens with two attached hydrogens (primary N) is 1. The van der Waals surface area contributed by atoms with Crippen LogP contribution < -0.4 is 5.73 Å². The molecule has 0 aromatic rings. The van der Waals surface area contributed by atoms with Gasteiger partial charge in [-0.05, 0) is 26.0 Å². The molecule has 1 atom stereocenters. The molecule has 0 aromatic heterocycles. The molecule has 0 aliphatic heterocycles. The third-order valence-electron chi connectivity index (χ3n) is 2.69. The van der Waals surface area contributed by atoms with Gasteiger partial charge >= 0.3 is 0 Å². The lowest BCUT2D eigenvalue weighted by Gasteiger charge is -2.33. The van der Waals surface area contributed by atoms with Crippen molar-refractivity contribution in [3.8, 4) is 0 Å². The molecule has 0 radical (unpaired) electrons. The lowest BCUT2D eigenvalue weighted by molar-refractivity contribution is -0.00639. The Morgan fingerprint density at radius 3 is 2.64 bits per heavy atom. The van der Waals surface area contributed by atoms with Crippen LogP contribution in [0.4, 0.5) is 0 Å². The molecule has 0 heterocycles. The highest BCUT2D eigenvalue weighted by Gasteiger charge is 2.32. The fourth-order valence-corrected chi connectivity index (χ4v) is 1.76. The lowest BCUT2D eigenvalue weighted by Crippen LogP contribution is -2.33. The molecule has 0 aromatic carbocycles. The van der Waals surface area contributed by atoms with E-state index in [4.69, 9.17) is 15.2 Å². The second kappa shape index (κ2) is 4.62. The molecule has 80 valence electrons. The van der Waals surface area contributed by atoms with Gasteiger partial charge in [0.1, 0.15) is 11.4 Å². The van der Waals surface area contributed by atoms with Crippen molar-refractivity contribution in [2.45, 2.75) is 25.4 Å². The molecule has 0 bridgehead atoms. The zero-order valence-corrected chi connectivity index (χ0v) is 9.17. The van der Waals surface area contributed by atoms with Crippen LogP contribution in [-0.4, -0.2) is 26.4 Å². The molecule has 2 N–H and O–H groups in total. The van der Waals surface area contributed by atoms with Gasteiger partial charge in [-0.25, -0.2) is 0 Å². The zero-order chi connectivity index (χ0) is 10.6. The van der Waals surface area contributed by atoms with Crippen molar-refractivity contribution in [2.75, 3.05) is 20.8 Å². The van der Waals surface area contributed by atoms with Gasteiger partial charge in [0.15, 0.2) is 0 Å². The second-order valence-corrected chi connectivity index (χ2v) is 3.71. The van der Waals surface area contributed by atoms with Gasteiger partial charge in [0.25, 0.3) is 0 Å². The van der Waals surface area contributed by atoms with E-state index in [0.717, 1.165) is 18.6 Å². The van der Waals surface area contributed by atoms with Crippen LogP contribution in [0.15, 0.2) is 23.5 Å². The predicted octanol–water partition coefficient (Wildman–Crippen LogP) is 1.60. The van der Waals surface area contributed by atoms with Crippen LogP contribution in [0.5, 0.6) is 0 Å². The summed E-state index contributed by atoms with van der Waals surface area (Å²) in [5.74, 6) is 0.876. The van der Waals surface area contributed by atoms with Gasteiger partial charge in [-0.3, -0.25) is 0 Å². The summed E-state index contributed by atoms with van der Waals surface area (Å²) in [7, 11) is 3.38. The summed E-state index contributed by atoms with van der Waals surface area (Å²) in [6.07, 6.45) is 5.83. The average molecular weight is 197 g/mol. The second-order valence-electron chi connectivity index (χ2n) is 3.71. The number of ether oxygens (including phenoxy) is 2. The first-order chi connectivity index (χ1) is 6.66. The van der Waals surface area contributed by atoms with Gasteiger partial charge in [0, 0.05) is 13.5 Å². The van der Waals surface area contributed by atoms with Crippen molar-refractivity contribution in [1.29, 1.82) is 0 Å². The van der Waals surface area contributed by atoms with Crippen molar-refractivity contribution in [2.24, 2.45) is 5.73 Å². The van der Waals surface area contributed by atoms with E-state index in [1.54, 1.807) is 14.2 Å². The Kier molecular flexibility index (Phi) is 3.72. The standard InChI is InChI=1S/C11H19NO2/c1-11(14-3)8-9(6-7-12)4-5-10(11)13-2/h4-5H,6-8,12H2,1-3H3. The maximum absolute atomic E-state index is 5.52. The summed E-state index contributed by atoms with van der Waals surface area (Å²) in [6, 6.07) is 0. The molecule has 0 saturated heterocycles. The number of rotatable bonds is 4. The molecule has 3 heteroatoms. The molecular weight excluding hydrogens is 178 g/mol. The number of methoxy groups -OCH3 is 2. The van der Waals surface area contributed by atoms with Crippen LogP contribution in [0.3, 0.4) is 0 Å². The number of hydrogen-bond donors (Lipinski definition) is 1. The lowest BCUT2D eigenvalue weighted by atomic mass is 9.88. The van der Waals surface area contributed by atoms with Crippen molar-refractivity contribution in [3.05, 3.63) is 23.5 Å². The summed E-state index contributed by atoms with van der Waals surface area (Å²) >= 11 is 0. The summed E-state index contributed by atoms with van der Waals surface area (Å²) in [4.78, 5) is 0. The Bertz CT molecular complexity index is 258. The molecule has 0 saturated carbocycles. The summed E-state index contributed by atoms with van der Waals surface area (Å²) in [5, 5.41) is 0. The highest BCUT2D eigenvalue weighted by Crippen LogP contribution is 2.33. The molecule has 3 nitrogen and oxygen atoms in total. The molecule has 1 unspecified atom stereocenters. The molecule has 14 heavy (non-hydrogen) atoms. The third-order valence-corrected chi connectivity index (χ3v) is 2.69. The van der Waals surface area contributed by atoms with E-state index in [-0.39, 0.29) is 5.60 Å². The van der Waals surface area contributed by atoms with E-state index in [1.807, 2.05) is 13.0 Å². The maximum Gasteiger partial charge on any atom is 0.127 e. The molecule has 0 amide bonds. The Balaban J connectivity index is 2.83. The minimum Gasteiger partial charge on any atom is -0.498 e. The first kappa shape index (κ1) is 11.3. The van der Waals surface area contributed by atoms with Gasteiger partial charge in [-0.1, -0.05) is 11.6 Å². The fourth-order valence-electron chi connectivity index (χ4n) is 1.76. The molecule has 1 aliphatic rings. The van der Waals surface area contributed by atoms with Gasteiger partial charge < -0.3 is 15.2 Å². The smallest absolute Gasteiger partial charge is 0.127 e. The van der Waals surface area contributed by atoms with Crippen LogP contribution in [0.25, 0.3) is 0 Å². The van der Waals surface area contributed by atoms with Crippen LogP contribution in [-0.2, 0) is 9.47 Å². The highest BCUT2D eigenvalue weighted by atomic mass is 16.5. The minimum atomic E-state index is -0.325. The van der Waals surface area contributed by atoms with Gasteiger partial charge in [-0.15, -0.1) is 0 Å². The molecule has 1 rings (SSSR count). The van der Waals surface area contributed by atoms with E-state index >= 15 is 0 Å². The van der Waals surface area contributed by atoms with Crippen molar-refractivity contribution in [1.82, 2.24) is 0 Å². The monoisotopic (exact) mass is 197 g/mol. The van der Waals surface area contributed by atoms with Crippen molar-refractivity contribution >= 4 is 0 Å². The Labute approximate surface area is 85.6 Å². The zero-order valence-electron chi connectivity index (χ0n) is 9.17. The largest absolute Gasteiger partial charge is 0.498 e. The Morgan fingerprint density at radius 1 is 1.43 bits per heavy atom. The van der Waals surface area contributed by atoms with Crippen LogP contribution in [0.1, 0.15) is 19.8 Å². The SMILES string of the molecule is COC1=CC=C(CCN)CC1(C)OC. The van der Waals surface area contributed by atoms with E-state index < -0.39 is 0 Å². The van der Waals surface area contributed by atoms with E-state index in [9.17, 15) is 0 Å². The van der Waals surface area contributed by atoms with Crippen LogP contribution in [0, 0.1) is 0 Å². The normalized spacial score (nSPS) is 26.9. The van der Waals surface area contributed by atoms with Crippen molar-refractivity contribution < 1.29 is 9.47 Å². The number of hydrogen-bond acceptors (Lipinski definition) is 3. The molecular formula is C11H19NO2. The highest BCUT2D eigenvalue weighted by molar-refractivity contribution is 5.29. The average Bonchev–Trinajstić information content (AvgIpc) is 2.19. The Hall–Kier alpha value is -0.800. The van der Waals surface area contributed by atoms with E-state index in [0.29, 0.717) is 6.54 Å². The predicted molar refractivity (Wildman–Crippen MR) is 56.9 cm³/mol. The summed E-state index contributed by atoms with van der Waals surface area (Å²) < 4.78 is 10.8. The van der Waals surface area contributed by atoms with Crippen molar-refractivity contribution in [3.63, 3.8) is 0 Å². The van der Waals surface area contributed by atoms with Crippen LogP contribution in [0.2, 0.25) is 0 Å². The topological polar surface area (TPSA) is 44.5 Å². The first-order valence-electron chi connectivity index (χ1n) is 4.85. The molecule has 0 spiro atoms. The van der Waals surface area contributed by atoms with Gasteiger partial charge in [0.05, 0.1) is 7.11 Å². The van der Waals surface area contributed by atoms with Gasteiger partial charge in [-0.2, -0.15) is 0 Å². The summed E-state index contributed by atoms with van der Waals surface area (Å²) in [5.41, 5.74) is 6.51. The summed E-state index contributed by atoms with van der Waals surface area (Å²) in [6.45, 7) is 2.72. The molecule has 0 fully saturated rings. The van der Waals surface area contributed by atoms with E-state index in [2.05, 4.69) is 6.08 Å². The number of allylic oxidation sites excluding steroid dienone is 2. The van der Waals surface area contributed by atoms with E-state index in [1.165, 1.54) is 5.57 Å². The third kappa shape index (κ3) is 2.16.